The van der Waals surface area contributed by atoms with Crippen molar-refractivity contribution in [2.45, 2.75) is 32.8 Å². The van der Waals surface area contributed by atoms with Crippen molar-refractivity contribution < 1.29 is 9.53 Å². The Morgan fingerprint density at radius 2 is 2.21 bits per heavy atom. The number of ether oxygens (including phenoxy) is 1. The van der Waals surface area contributed by atoms with Crippen LogP contribution in [0.3, 0.4) is 0 Å². The van der Waals surface area contributed by atoms with Crippen molar-refractivity contribution in [3.63, 3.8) is 0 Å². The Kier molecular flexibility index (Phi) is 6.67. The van der Waals surface area contributed by atoms with Gasteiger partial charge in [0.05, 0.1) is 5.02 Å². The minimum Gasteiger partial charge on any atom is -0.479 e. The van der Waals surface area contributed by atoms with Crippen molar-refractivity contribution >= 4 is 17.5 Å². The summed E-state index contributed by atoms with van der Waals surface area (Å²) in [5.74, 6) is 0.390. The fraction of sp³-hybridized carbons (Fsp3) is 0.500. The Hall–Kier alpha value is -1.26. The van der Waals surface area contributed by atoms with Crippen LogP contribution in [0.4, 0.5) is 0 Å². The van der Waals surface area contributed by atoms with Gasteiger partial charge in [-0.25, -0.2) is 0 Å². The quantitative estimate of drug-likeness (QED) is 0.755. The van der Waals surface area contributed by atoms with Crippen molar-refractivity contribution in [1.82, 2.24) is 5.32 Å². The summed E-state index contributed by atoms with van der Waals surface area (Å²) >= 11 is 6.02. The van der Waals surface area contributed by atoms with E-state index in [9.17, 15) is 4.79 Å². The highest BCUT2D eigenvalue weighted by Crippen LogP contribution is 2.26. The van der Waals surface area contributed by atoms with Gasteiger partial charge in [-0.2, -0.15) is 0 Å². The van der Waals surface area contributed by atoms with Crippen LogP contribution in [0.1, 0.15) is 25.3 Å². The smallest absolute Gasteiger partial charge is 0.260 e. The lowest BCUT2D eigenvalue weighted by Crippen LogP contribution is -2.37. The summed E-state index contributed by atoms with van der Waals surface area (Å²) in [4.78, 5) is 11.8. The summed E-state index contributed by atoms with van der Waals surface area (Å²) in [6.45, 7) is 4.91. The summed E-state index contributed by atoms with van der Waals surface area (Å²) < 4.78 is 5.58. The number of nitrogens with two attached hydrogens (primary N) is 1. The SMILES string of the molecule is Cc1ccc(Cl)c(OC(C)C(=O)NCCCCN)c1. The second-order valence-corrected chi connectivity index (χ2v) is 4.89. The van der Waals surface area contributed by atoms with E-state index in [0.29, 0.717) is 23.9 Å². The molecule has 0 saturated heterocycles. The van der Waals surface area contributed by atoms with E-state index in [2.05, 4.69) is 5.32 Å². The molecule has 4 nitrogen and oxygen atoms in total. The number of halogens is 1. The number of aryl methyl sites for hydroxylation is 1. The second-order valence-electron chi connectivity index (χ2n) is 4.48. The maximum absolute atomic E-state index is 11.8. The van der Waals surface area contributed by atoms with Crippen LogP contribution in [-0.2, 0) is 4.79 Å². The fourth-order valence-corrected chi connectivity index (χ4v) is 1.73. The van der Waals surface area contributed by atoms with Gasteiger partial charge in [-0.3, -0.25) is 4.79 Å². The predicted molar refractivity (Wildman–Crippen MR) is 77.6 cm³/mol. The Balaban J connectivity index is 2.47. The Bertz CT molecular complexity index is 424. The first kappa shape index (κ1) is 15.8. The second kappa shape index (κ2) is 8.02. The Labute approximate surface area is 119 Å². The highest BCUT2D eigenvalue weighted by atomic mass is 35.5. The van der Waals surface area contributed by atoms with Gasteiger partial charge in [0.1, 0.15) is 5.75 Å². The van der Waals surface area contributed by atoms with E-state index in [1.54, 1.807) is 13.0 Å². The molecule has 1 atom stereocenters. The van der Waals surface area contributed by atoms with Gasteiger partial charge < -0.3 is 15.8 Å². The maximum Gasteiger partial charge on any atom is 0.260 e. The van der Waals surface area contributed by atoms with E-state index in [1.165, 1.54) is 0 Å². The number of carbonyl (C=O) groups is 1. The number of benzene rings is 1. The number of hydrogen-bond acceptors (Lipinski definition) is 3. The summed E-state index contributed by atoms with van der Waals surface area (Å²) in [5.41, 5.74) is 6.42. The number of amides is 1. The van der Waals surface area contributed by atoms with Crippen LogP contribution in [0.2, 0.25) is 5.02 Å². The molecule has 106 valence electrons. The number of rotatable bonds is 7. The molecule has 1 rings (SSSR count). The van der Waals surface area contributed by atoms with Gasteiger partial charge in [0, 0.05) is 6.54 Å². The zero-order valence-corrected chi connectivity index (χ0v) is 12.2. The van der Waals surface area contributed by atoms with Crippen LogP contribution in [0.25, 0.3) is 0 Å². The van der Waals surface area contributed by atoms with Gasteiger partial charge in [-0.15, -0.1) is 0 Å². The van der Waals surface area contributed by atoms with Crippen molar-refractivity contribution in [1.29, 1.82) is 0 Å². The monoisotopic (exact) mass is 284 g/mol. The molecule has 0 aromatic heterocycles. The zero-order chi connectivity index (χ0) is 14.3. The number of unbranched alkanes of at least 4 members (excludes halogenated alkanes) is 1. The molecule has 0 fully saturated rings. The largest absolute Gasteiger partial charge is 0.479 e. The van der Waals surface area contributed by atoms with Crippen LogP contribution < -0.4 is 15.8 Å². The number of hydrogen-bond donors (Lipinski definition) is 2. The van der Waals surface area contributed by atoms with Crippen molar-refractivity contribution in [3.05, 3.63) is 28.8 Å². The number of carbonyl (C=O) groups excluding carboxylic acids is 1. The first-order valence-corrected chi connectivity index (χ1v) is 6.83. The highest BCUT2D eigenvalue weighted by molar-refractivity contribution is 6.32. The Morgan fingerprint density at radius 1 is 1.47 bits per heavy atom. The van der Waals surface area contributed by atoms with Crippen LogP contribution in [0, 0.1) is 6.92 Å². The van der Waals surface area contributed by atoms with E-state index < -0.39 is 6.10 Å². The van der Waals surface area contributed by atoms with E-state index in [4.69, 9.17) is 22.1 Å². The highest BCUT2D eigenvalue weighted by Gasteiger charge is 2.15. The van der Waals surface area contributed by atoms with Crippen LogP contribution in [-0.4, -0.2) is 25.1 Å². The summed E-state index contributed by atoms with van der Waals surface area (Å²) in [7, 11) is 0. The first-order valence-electron chi connectivity index (χ1n) is 6.45. The topological polar surface area (TPSA) is 64.3 Å². The molecule has 1 amide bonds. The van der Waals surface area contributed by atoms with E-state index in [1.807, 2.05) is 19.1 Å². The average molecular weight is 285 g/mol. The lowest BCUT2D eigenvalue weighted by Gasteiger charge is -2.16. The zero-order valence-electron chi connectivity index (χ0n) is 11.4. The summed E-state index contributed by atoms with van der Waals surface area (Å²) in [5, 5.41) is 3.32. The normalized spacial score (nSPS) is 12.0. The van der Waals surface area contributed by atoms with Crippen LogP contribution >= 0.6 is 11.6 Å². The molecule has 0 saturated carbocycles. The van der Waals surface area contributed by atoms with Gasteiger partial charge in [0.25, 0.3) is 5.91 Å². The third-order valence-electron chi connectivity index (χ3n) is 2.69. The van der Waals surface area contributed by atoms with E-state index >= 15 is 0 Å². The van der Waals surface area contributed by atoms with Gasteiger partial charge in [-0.1, -0.05) is 17.7 Å². The van der Waals surface area contributed by atoms with E-state index in [-0.39, 0.29) is 5.91 Å². The van der Waals surface area contributed by atoms with Crippen molar-refractivity contribution in [2.24, 2.45) is 5.73 Å². The molecule has 1 aromatic carbocycles. The molecule has 5 heteroatoms. The summed E-state index contributed by atoms with van der Waals surface area (Å²) in [6, 6.07) is 5.48. The molecule has 1 unspecified atom stereocenters. The molecule has 0 radical (unpaired) electrons. The molecule has 1 aromatic rings. The standard InChI is InChI=1S/C14H21ClN2O2/c1-10-5-6-12(15)13(9-10)19-11(2)14(18)17-8-4-3-7-16/h5-6,9,11H,3-4,7-8,16H2,1-2H3,(H,17,18). The van der Waals surface area contributed by atoms with Crippen LogP contribution in [0.15, 0.2) is 18.2 Å². The minimum atomic E-state index is -0.572. The van der Waals surface area contributed by atoms with Crippen LogP contribution in [0.5, 0.6) is 5.75 Å². The molecular weight excluding hydrogens is 264 g/mol. The minimum absolute atomic E-state index is 0.144. The van der Waals surface area contributed by atoms with Gasteiger partial charge in [0.15, 0.2) is 6.10 Å². The summed E-state index contributed by atoms with van der Waals surface area (Å²) in [6.07, 6.45) is 1.21. The molecule has 3 N–H and O–H groups in total. The fourth-order valence-electron chi connectivity index (χ4n) is 1.57. The van der Waals surface area contributed by atoms with Crippen molar-refractivity contribution in [3.8, 4) is 5.75 Å². The molecular formula is C14H21ClN2O2. The molecule has 0 aliphatic heterocycles. The third kappa shape index (κ3) is 5.49. The third-order valence-corrected chi connectivity index (χ3v) is 3.00. The lowest BCUT2D eigenvalue weighted by molar-refractivity contribution is -0.127. The van der Waals surface area contributed by atoms with Gasteiger partial charge in [0.2, 0.25) is 0 Å². The molecule has 0 aliphatic rings. The average Bonchev–Trinajstić information content (AvgIpc) is 2.38. The molecule has 0 aliphatic carbocycles. The molecule has 19 heavy (non-hydrogen) atoms. The first-order chi connectivity index (χ1) is 9.04. The molecule has 0 bridgehead atoms. The maximum atomic E-state index is 11.8. The Morgan fingerprint density at radius 3 is 2.89 bits per heavy atom. The number of nitrogens with one attached hydrogen (secondary N) is 1. The molecule has 0 spiro atoms. The lowest BCUT2D eigenvalue weighted by atomic mass is 10.2. The predicted octanol–water partition coefficient (Wildman–Crippen LogP) is 2.27. The van der Waals surface area contributed by atoms with Crippen molar-refractivity contribution in [2.75, 3.05) is 13.1 Å². The van der Waals surface area contributed by atoms with Gasteiger partial charge in [-0.05, 0) is 50.9 Å². The van der Waals surface area contributed by atoms with E-state index in [0.717, 1.165) is 18.4 Å². The molecule has 0 heterocycles. The van der Waals surface area contributed by atoms with Gasteiger partial charge >= 0.3 is 0 Å².